The fourth-order valence-corrected chi connectivity index (χ4v) is 8.94. The summed E-state index contributed by atoms with van der Waals surface area (Å²) in [6, 6.07) is 24.0. The van der Waals surface area contributed by atoms with Crippen molar-refractivity contribution in [3.8, 4) is 34.3 Å². The van der Waals surface area contributed by atoms with Gasteiger partial charge in [0.25, 0.3) is 5.91 Å². The molecule has 18 heteroatoms. The highest BCUT2D eigenvalue weighted by molar-refractivity contribution is 7.81. The SMILES string of the molecule is CC(C)(C)[C@H](NC(=O)COCCCCOc1ccc(-c2ccc(N3C(=S)N(c4ccc(C#N)c(Cl)c4)C(=O)C3(C)C)c(F)c2)cc1)C(=O)N1CC(O)C[C@H]1C(=O)NCc1ccc(-c2cnco2)cc1. The van der Waals surface area contributed by atoms with Crippen LogP contribution in [0.3, 0.4) is 0 Å². The molecule has 2 fully saturated rings. The number of rotatable bonds is 17. The lowest BCUT2D eigenvalue weighted by Crippen LogP contribution is -2.58. The molecule has 15 nitrogen and oxygen atoms in total. The highest BCUT2D eigenvalue weighted by Gasteiger charge is 2.51. The van der Waals surface area contributed by atoms with E-state index < -0.39 is 52.7 Å². The van der Waals surface area contributed by atoms with Crippen LogP contribution in [0.5, 0.6) is 5.75 Å². The van der Waals surface area contributed by atoms with Gasteiger partial charge in [0.05, 0.1) is 40.9 Å². The molecule has 0 radical (unpaired) electrons. The number of unbranched alkanes of at least 4 members (excludes halogenated alkanes) is 1. The van der Waals surface area contributed by atoms with Gasteiger partial charge in [0, 0.05) is 31.7 Å². The van der Waals surface area contributed by atoms with Gasteiger partial charge in [-0.2, -0.15) is 5.26 Å². The first-order valence-corrected chi connectivity index (χ1v) is 23.2. The van der Waals surface area contributed by atoms with E-state index in [1.807, 2.05) is 63.2 Å². The molecule has 7 rings (SSSR count). The smallest absolute Gasteiger partial charge is 0.259 e. The van der Waals surface area contributed by atoms with E-state index in [1.165, 1.54) is 39.3 Å². The summed E-state index contributed by atoms with van der Waals surface area (Å²) < 4.78 is 32.8. The first-order valence-electron chi connectivity index (χ1n) is 22.4. The van der Waals surface area contributed by atoms with Crippen LogP contribution in [0.4, 0.5) is 15.8 Å². The Kier molecular flexibility index (Phi) is 15.5. The van der Waals surface area contributed by atoms with Crippen LogP contribution >= 0.6 is 23.8 Å². The number of β-amino-alcohol motifs (C(OH)–C–C–N with tert-alkyl or cyclic N) is 1. The van der Waals surface area contributed by atoms with Gasteiger partial charge in [-0.3, -0.25) is 24.1 Å². The quantitative estimate of drug-likeness (QED) is 0.0613. The number of thiocarbonyl (C=S) groups is 1. The van der Waals surface area contributed by atoms with E-state index in [0.717, 1.165) is 16.7 Å². The zero-order chi connectivity index (χ0) is 49.6. The van der Waals surface area contributed by atoms with Gasteiger partial charge in [-0.1, -0.05) is 74.8 Å². The molecule has 0 aliphatic carbocycles. The van der Waals surface area contributed by atoms with Gasteiger partial charge >= 0.3 is 0 Å². The average Bonchev–Trinajstić information content (AvgIpc) is 4.04. The Hall–Kier alpha value is -6.71. The highest BCUT2D eigenvalue weighted by Crippen LogP contribution is 2.40. The van der Waals surface area contributed by atoms with Crippen LogP contribution in [0.15, 0.2) is 102 Å². The Morgan fingerprint density at radius 3 is 2.36 bits per heavy atom. The van der Waals surface area contributed by atoms with E-state index in [0.29, 0.717) is 42.2 Å². The molecule has 0 saturated carbocycles. The molecule has 69 heavy (non-hydrogen) atoms. The molecule has 4 amide bonds. The number of halogens is 2. The second-order valence-corrected chi connectivity index (χ2v) is 19.2. The summed E-state index contributed by atoms with van der Waals surface area (Å²) in [5, 5.41) is 25.7. The van der Waals surface area contributed by atoms with Crippen molar-refractivity contribution < 1.29 is 42.6 Å². The van der Waals surface area contributed by atoms with E-state index in [1.54, 1.807) is 50.4 Å². The third-order valence-corrected chi connectivity index (χ3v) is 12.7. The van der Waals surface area contributed by atoms with Gasteiger partial charge in [0.15, 0.2) is 17.3 Å². The van der Waals surface area contributed by atoms with Crippen molar-refractivity contribution in [2.24, 2.45) is 5.41 Å². The van der Waals surface area contributed by atoms with Crippen molar-refractivity contribution in [3.63, 3.8) is 0 Å². The molecule has 360 valence electrons. The molecule has 5 aromatic rings. The summed E-state index contributed by atoms with van der Waals surface area (Å²) >= 11 is 12.0. The lowest BCUT2D eigenvalue weighted by atomic mass is 9.85. The Bertz CT molecular complexity index is 2740. The summed E-state index contributed by atoms with van der Waals surface area (Å²) in [4.78, 5) is 62.0. The molecule has 4 aromatic carbocycles. The van der Waals surface area contributed by atoms with Gasteiger partial charge in [0.1, 0.15) is 41.9 Å². The number of amides is 4. The second kappa shape index (κ2) is 21.3. The van der Waals surface area contributed by atoms with E-state index in [-0.39, 0.29) is 60.0 Å². The lowest BCUT2D eigenvalue weighted by Gasteiger charge is -2.35. The molecular weight excluding hydrogens is 925 g/mol. The number of aromatic nitrogens is 1. The predicted octanol–water partition coefficient (Wildman–Crippen LogP) is 7.57. The van der Waals surface area contributed by atoms with Crippen molar-refractivity contribution in [2.75, 3.05) is 36.2 Å². The number of benzene rings is 4. The Morgan fingerprint density at radius 1 is 1.01 bits per heavy atom. The first kappa shape index (κ1) is 50.2. The summed E-state index contributed by atoms with van der Waals surface area (Å²) in [5.74, 6) is -1.07. The summed E-state index contributed by atoms with van der Waals surface area (Å²) in [7, 11) is 0. The Labute approximate surface area is 410 Å². The second-order valence-electron chi connectivity index (χ2n) is 18.4. The minimum absolute atomic E-state index is 0.0409. The number of hydrogen-bond acceptors (Lipinski definition) is 11. The average molecular weight is 979 g/mol. The Morgan fingerprint density at radius 2 is 1.71 bits per heavy atom. The van der Waals surface area contributed by atoms with E-state index in [9.17, 15) is 29.5 Å². The minimum Gasteiger partial charge on any atom is -0.494 e. The van der Waals surface area contributed by atoms with Gasteiger partial charge < -0.3 is 39.4 Å². The zero-order valence-corrected chi connectivity index (χ0v) is 40.4. The maximum Gasteiger partial charge on any atom is 0.259 e. The zero-order valence-electron chi connectivity index (χ0n) is 38.8. The van der Waals surface area contributed by atoms with Gasteiger partial charge in [-0.25, -0.2) is 9.37 Å². The van der Waals surface area contributed by atoms with Crippen molar-refractivity contribution in [1.82, 2.24) is 20.5 Å². The monoisotopic (exact) mass is 977 g/mol. The van der Waals surface area contributed by atoms with Crippen LogP contribution in [0.25, 0.3) is 22.5 Å². The van der Waals surface area contributed by atoms with E-state index in [4.69, 9.17) is 37.7 Å². The standard InChI is InChI=1S/C51H53ClFN7O8S/c1-50(2,3)45(47(64)58-28-37(61)24-42(58)46(63)56-26-31-8-10-33(11-9-31)43-27-55-30-68-43)57-44(62)29-66-20-6-7-21-67-38-17-13-32(14-18-38)34-15-19-41(40(53)22-34)60-49(69)59(48(65)51(60,4)5)36-16-12-35(25-54)39(52)23-36/h8-19,22-23,27,30,37,42,45,61H,6-7,20-21,24,26,28-29H2,1-5H3,(H,56,63)(H,57,62)/t37?,42-,45+/m0/s1. The van der Waals surface area contributed by atoms with Crippen LogP contribution in [-0.4, -0.2) is 93.8 Å². The van der Waals surface area contributed by atoms with Crippen molar-refractivity contribution in [2.45, 2.75) is 84.2 Å². The molecule has 1 unspecified atom stereocenters. The molecule has 3 heterocycles. The van der Waals surface area contributed by atoms with Gasteiger partial charge in [-0.15, -0.1) is 0 Å². The van der Waals surface area contributed by atoms with Crippen LogP contribution in [0.2, 0.25) is 5.02 Å². The van der Waals surface area contributed by atoms with E-state index >= 15 is 4.39 Å². The summed E-state index contributed by atoms with van der Waals surface area (Å²) in [6.45, 7) is 9.30. The number of nitriles is 1. The molecule has 1 aromatic heterocycles. The number of carbonyl (C=O) groups excluding carboxylic acids is 4. The number of aliphatic hydroxyl groups excluding tert-OH is 1. The number of hydrogen-bond donors (Lipinski definition) is 3. The normalized spacial score (nSPS) is 17.2. The number of aliphatic hydroxyl groups is 1. The van der Waals surface area contributed by atoms with Crippen LogP contribution in [0, 0.1) is 22.6 Å². The van der Waals surface area contributed by atoms with Crippen LogP contribution in [-0.2, 0) is 30.5 Å². The number of anilines is 2. The third kappa shape index (κ3) is 11.4. The number of nitrogens with one attached hydrogen (secondary N) is 2. The Balaban J connectivity index is 0.842. The maximum absolute atomic E-state index is 15.9. The van der Waals surface area contributed by atoms with Gasteiger partial charge in [0.2, 0.25) is 17.7 Å². The fraction of sp³-hybridized carbons (Fsp3) is 0.353. The molecular formula is C51H53ClFN7O8S. The molecule has 2 aliphatic heterocycles. The topological polar surface area (TPSA) is 191 Å². The maximum atomic E-state index is 15.9. The lowest BCUT2D eigenvalue weighted by molar-refractivity contribution is -0.144. The number of carbonyl (C=O) groups is 4. The minimum atomic E-state index is -1.22. The molecule has 0 spiro atoms. The van der Waals surface area contributed by atoms with E-state index in [2.05, 4.69) is 15.6 Å². The summed E-state index contributed by atoms with van der Waals surface area (Å²) in [5.41, 5.74) is 1.84. The summed E-state index contributed by atoms with van der Waals surface area (Å²) in [6.07, 6.45) is 3.35. The fourth-order valence-electron chi connectivity index (χ4n) is 8.21. The molecule has 3 N–H and O–H groups in total. The largest absolute Gasteiger partial charge is 0.494 e. The van der Waals surface area contributed by atoms with Gasteiger partial charge in [-0.05, 0) is 103 Å². The molecule has 0 bridgehead atoms. The third-order valence-electron chi connectivity index (χ3n) is 12.0. The highest BCUT2D eigenvalue weighted by atomic mass is 35.5. The van der Waals surface area contributed by atoms with Crippen molar-refractivity contribution >= 4 is 63.9 Å². The van der Waals surface area contributed by atoms with Crippen molar-refractivity contribution in [1.29, 1.82) is 5.26 Å². The van der Waals surface area contributed by atoms with Crippen LogP contribution < -0.4 is 25.2 Å². The number of likely N-dealkylation sites (tertiary alicyclic amines) is 1. The molecule has 2 saturated heterocycles. The van der Waals surface area contributed by atoms with Crippen molar-refractivity contribution in [3.05, 3.63) is 119 Å². The van der Waals surface area contributed by atoms with Crippen LogP contribution in [0.1, 0.15) is 65.0 Å². The predicted molar refractivity (Wildman–Crippen MR) is 261 cm³/mol. The molecule has 3 atom stereocenters. The number of oxazole rings is 1. The number of nitrogens with zero attached hydrogens (tertiary/aromatic N) is 5. The first-order chi connectivity index (χ1) is 32.9. The molecule has 2 aliphatic rings. The number of ether oxygens (including phenoxy) is 2.